The molecule has 0 atom stereocenters. The minimum absolute atomic E-state index is 0.232. The van der Waals surface area contributed by atoms with Gasteiger partial charge < -0.3 is 4.74 Å². The molecule has 0 fully saturated rings. The fraction of sp³-hybridized carbons (Fsp3) is 0.143. The molecule has 0 heterocycles. The zero-order valence-corrected chi connectivity index (χ0v) is 10.2. The first kappa shape index (κ1) is 11.9. The molecule has 0 aromatic heterocycles. The number of benzene rings is 2. The smallest absolute Gasteiger partial charge is 0.138 e. The molecule has 0 aliphatic rings. The molecule has 88 valence electrons. The molecule has 1 nitrogen and oxygen atoms in total. The summed E-state index contributed by atoms with van der Waals surface area (Å²) >= 11 is 5.97. The number of para-hydroxylation sites is 1. The Balaban J connectivity index is 2.10. The van der Waals surface area contributed by atoms with Crippen LogP contribution < -0.4 is 4.74 Å². The lowest BCUT2D eigenvalue weighted by atomic mass is 10.1. The highest BCUT2D eigenvalue weighted by molar-refractivity contribution is 6.32. The Morgan fingerprint density at radius 2 is 1.94 bits per heavy atom. The molecule has 0 saturated carbocycles. The summed E-state index contributed by atoms with van der Waals surface area (Å²) in [5.74, 6) is 0.405. The van der Waals surface area contributed by atoms with Gasteiger partial charge in [0, 0.05) is 0 Å². The van der Waals surface area contributed by atoms with Crippen LogP contribution in [0.2, 0.25) is 5.02 Å². The van der Waals surface area contributed by atoms with Gasteiger partial charge in [-0.1, -0.05) is 29.8 Å². The van der Waals surface area contributed by atoms with Gasteiger partial charge in [-0.25, -0.2) is 4.39 Å². The fourth-order valence-electron chi connectivity index (χ4n) is 1.54. The Hall–Kier alpha value is -1.54. The first-order valence-electron chi connectivity index (χ1n) is 5.29. The highest BCUT2D eigenvalue weighted by Gasteiger charge is 2.03. The number of ether oxygens (including phenoxy) is 1. The van der Waals surface area contributed by atoms with Gasteiger partial charge in [-0.05, 0) is 42.3 Å². The van der Waals surface area contributed by atoms with E-state index in [1.807, 2.05) is 19.1 Å². The first-order valence-corrected chi connectivity index (χ1v) is 5.67. The van der Waals surface area contributed by atoms with E-state index < -0.39 is 0 Å². The van der Waals surface area contributed by atoms with E-state index in [1.54, 1.807) is 18.2 Å². The molecule has 0 spiro atoms. The van der Waals surface area contributed by atoms with Crippen LogP contribution in [-0.2, 0) is 6.61 Å². The van der Waals surface area contributed by atoms with E-state index in [0.717, 1.165) is 11.1 Å². The van der Waals surface area contributed by atoms with Gasteiger partial charge >= 0.3 is 0 Å². The number of halogens is 2. The van der Waals surface area contributed by atoms with Gasteiger partial charge in [-0.15, -0.1) is 0 Å². The number of rotatable bonds is 3. The summed E-state index contributed by atoms with van der Waals surface area (Å²) < 4.78 is 18.5. The highest BCUT2D eigenvalue weighted by atomic mass is 35.5. The van der Waals surface area contributed by atoms with Crippen molar-refractivity contribution in [3.05, 3.63) is 64.4 Å². The SMILES string of the molecule is Cc1cc(F)ccc1COc1ccccc1Cl. The third-order valence-corrected chi connectivity index (χ3v) is 2.84. The average molecular weight is 251 g/mol. The van der Waals surface area contributed by atoms with Crippen LogP contribution in [0.15, 0.2) is 42.5 Å². The molecule has 2 rings (SSSR count). The van der Waals surface area contributed by atoms with Crippen molar-refractivity contribution in [2.45, 2.75) is 13.5 Å². The molecule has 17 heavy (non-hydrogen) atoms. The Morgan fingerprint density at radius 1 is 1.18 bits per heavy atom. The summed E-state index contributed by atoms with van der Waals surface area (Å²) in [5.41, 5.74) is 1.82. The Morgan fingerprint density at radius 3 is 2.65 bits per heavy atom. The maximum Gasteiger partial charge on any atom is 0.138 e. The fourth-order valence-corrected chi connectivity index (χ4v) is 1.73. The van der Waals surface area contributed by atoms with Crippen molar-refractivity contribution in [2.24, 2.45) is 0 Å². The minimum atomic E-state index is -0.232. The lowest BCUT2D eigenvalue weighted by molar-refractivity contribution is 0.305. The van der Waals surface area contributed by atoms with Crippen LogP contribution in [0.3, 0.4) is 0 Å². The van der Waals surface area contributed by atoms with Crippen molar-refractivity contribution in [2.75, 3.05) is 0 Å². The standard InChI is InChI=1S/C14H12ClFO/c1-10-8-12(16)7-6-11(10)9-17-14-5-3-2-4-13(14)15/h2-8H,9H2,1H3. The van der Waals surface area contributed by atoms with Crippen LogP contribution in [0.4, 0.5) is 4.39 Å². The normalized spacial score (nSPS) is 10.3. The van der Waals surface area contributed by atoms with Gasteiger partial charge in [0.2, 0.25) is 0 Å². The van der Waals surface area contributed by atoms with Crippen molar-refractivity contribution in [3.63, 3.8) is 0 Å². The second kappa shape index (κ2) is 5.19. The third kappa shape index (κ3) is 2.98. The molecule has 0 saturated heterocycles. The largest absolute Gasteiger partial charge is 0.487 e. The van der Waals surface area contributed by atoms with E-state index in [2.05, 4.69) is 0 Å². The molecular formula is C14H12ClFO. The quantitative estimate of drug-likeness (QED) is 0.786. The van der Waals surface area contributed by atoms with Gasteiger partial charge in [-0.2, -0.15) is 0 Å². The number of hydrogen-bond acceptors (Lipinski definition) is 1. The van der Waals surface area contributed by atoms with E-state index in [-0.39, 0.29) is 5.82 Å². The third-order valence-electron chi connectivity index (χ3n) is 2.52. The van der Waals surface area contributed by atoms with Crippen molar-refractivity contribution in [1.82, 2.24) is 0 Å². The number of hydrogen-bond donors (Lipinski definition) is 0. The van der Waals surface area contributed by atoms with Crippen LogP contribution in [0.1, 0.15) is 11.1 Å². The Kier molecular flexibility index (Phi) is 3.64. The zero-order chi connectivity index (χ0) is 12.3. The van der Waals surface area contributed by atoms with Crippen molar-refractivity contribution >= 4 is 11.6 Å². The summed E-state index contributed by atoms with van der Waals surface area (Å²) in [6.07, 6.45) is 0. The molecule has 3 heteroatoms. The molecule has 0 unspecified atom stereocenters. The Bertz CT molecular complexity index is 525. The molecule has 0 N–H and O–H groups in total. The van der Waals surface area contributed by atoms with Gasteiger partial charge in [0.15, 0.2) is 0 Å². The molecule has 0 radical (unpaired) electrons. The van der Waals surface area contributed by atoms with Gasteiger partial charge in [0.1, 0.15) is 18.2 Å². The number of aryl methyl sites for hydroxylation is 1. The molecular weight excluding hydrogens is 239 g/mol. The van der Waals surface area contributed by atoms with Gasteiger partial charge in [0.05, 0.1) is 5.02 Å². The lowest BCUT2D eigenvalue weighted by Gasteiger charge is -2.09. The summed E-state index contributed by atoms with van der Waals surface area (Å²) in [6.45, 7) is 2.24. The van der Waals surface area contributed by atoms with Crippen LogP contribution >= 0.6 is 11.6 Å². The lowest BCUT2D eigenvalue weighted by Crippen LogP contribution is -1.98. The van der Waals surface area contributed by atoms with E-state index in [0.29, 0.717) is 17.4 Å². The van der Waals surface area contributed by atoms with E-state index >= 15 is 0 Å². The van der Waals surface area contributed by atoms with Crippen molar-refractivity contribution in [1.29, 1.82) is 0 Å². The van der Waals surface area contributed by atoms with Crippen LogP contribution in [0, 0.1) is 12.7 Å². The predicted octanol–water partition coefficient (Wildman–Crippen LogP) is 4.37. The summed E-state index contributed by atoms with van der Waals surface area (Å²) in [4.78, 5) is 0. The molecule has 0 aliphatic heterocycles. The maximum atomic E-state index is 12.9. The van der Waals surface area contributed by atoms with Crippen molar-refractivity contribution in [3.8, 4) is 5.75 Å². The van der Waals surface area contributed by atoms with Crippen LogP contribution in [-0.4, -0.2) is 0 Å². The average Bonchev–Trinajstić information content (AvgIpc) is 2.30. The topological polar surface area (TPSA) is 9.23 Å². The maximum absolute atomic E-state index is 12.9. The first-order chi connectivity index (χ1) is 8.16. The predicted molar refractivity (Wildman–Crippen MR) is 66.9 cm³/mol. The van der Waals surface area contributed by atoms with E-state index in [1.165, 1.54) is 12.1 Å². The summed E-state index contributed by atoms with van der Waals surface area (Å²) in [7, 11) is 0. The van der Waals surface area contributed by atoms with Crippen LogP contribution in [0.5, 0.6) is 5.75 Å². The molecule has 0 amide bonds. The van der Waals surface area contributed by atoms with Gasteiger partial charge in [0.25, 0.3) is 0 Å². The highest BCUT2D eigenvalue weighted by Crippen LogP contribution is 2.24. The zero-order valence-electron chi connectivity index (χ0n) is 9.41. The minimum Gasteiger partial charge on any atom is -0.487 e. The molecule has 2 aromatic rings. The van der Waals surface area contributed by atoms with Crippen molar-refractivity contribution < 1.29 is 9.13 Å². The molecule has 2 aromatic carbocycles. The summed E-state index contributed by atoms with van der Waals surface area (Å²) in [6, 6.07) is 11.9. The molecule has 0 bridgehead atoms. The Labute approximate surface area is 105 Å². The summed E-state index contributed by atoms with van der Waals surface area (Å²) in [5, 5.41) is 0.576. The monoisotopic (exact) mass is 250 g/mol. The van der Waals surface area contributed by atoms with Gasteiger partial charge in [-0.3, -0.25) is 0 Å². The van der Waals surface area contributed by atoms with E-state index in [4.69, 9.17) is 16.3 Å². The van der Waals surface area contributed by atoms with E-state index in [9.17, 15) is 4.39 Å². The van der Waals surface area contributed by atoms with Crippen LogP contribution in [0.25, 0.3) is 0 Å². The molecule has 0 aliphatic carbocycles. The second-order valence-electron chi connectivity index (χ2n) is 3.79. The second-order valence-corrected chi connectivity index (χ2v) is 4.20.